The van der Waals surface area contributed by atoms with E-state index < -0.39 is 21.8 Å². The van der Waals surface area contributed by atoms with Crippen LogP contribution in [0.15, 0.2) is 23.1 Å². The number of amides is 3. The van der Waals surface area contributed by atoms with Gasteiger partial charge in [0.25, 0.3) is 0 Å². The summed E-state index contributed by atoms with van der Waals surface area (Å²) in [6, 6.07) is 3.90. The molecule has 1 aromatic rings. The van der Waals surface area contributed by atoms with E-state index in [-0.39, 0.29) is 28.8 Å². The fourth-order valence-electron chi connectivity index (χ4n) is 2.73. The molecular weight excluding hydrogens is 346 g/mol. The van der Waals surface area contributed by atoms with E-state index in [9.17, 15) is 18.0 Å². The molecule has 138 valence electrons. The number of carbonyl (C=O) groups is 2. The van der Waals surface area contributed by atoms with Gasteiger partial charge in [0, 0.05) is 13.1 Å². The van der Waals surface area contributed by atoms with Crippen LogP contribution in [0.4, 0.5) is 10.5 Å². The quantitative estimate of drug-likeness (QED) is 0.809. The minimum absolute atomic E-state index is 0.0425. The molecule has 1 aromatic carbocycles. The summed E-state index contributed by atoms with van der Waals surface area (Å²) in [7, 11) is -1.97. The van der Waals surface area contributed by atoms with Gasteiger partial charge in [-0.1, -0.05) is 6.92 Å². The first-order valence-corrected chi connectivity index (χ1v) is 9.69. The zero-order chi connectivity index (χ0) is 18.6. The molecule has 0 spiro atoms. The minimum Gasteiger partial charge on any atom is -0.495 e. The average Bonchev–Trinajstić information content (AvgIpc) is 2.61. The number of hydrogen-bond donors (Lipinski definition) is 2. The summed E-state index contributed by atoms with van der Waals surface area (Å²) in [6.45, 7) is 2.30. The van der Waals surface area contributed by atoms with Gasteiger partial charge in [-0.3, -0.25) is 4.79 Å². The number of rotatable bonds is 5. The molecule has 1 aliphatic heterocycles. The third-order valence-corrected chi connectivity index (χ3v) is 5.99. The van der Waals surface area contributed by atoms with Crippen molar-refractivity contribution in [2.24, 2.45) is 11.7 Å². The summed E-state index contributed by atoms with van der Waals surface area (Å²) in [5.41, 5.74) is 5.59. The average molecular weight is 369 g/mol. The molecule has 2 rings (SSSR count). The number of nitrogens with zero attached hydrogens (tertiary/aromatic N) is 1. The van der Waals surface area contributed by atoms with Crippen molar-refractivity contribution in [3.05, 3.63) is 18.2 Å². The van der Waals surface area contributed by atoms with Crippen LogP contribution >= 0.6 is 0 Å². The molecule has 9 heteroatoms. The molecule has 0 unspecified atom stereocenters. The number of ether oxygens (including phenoxy) is 1. The van der Waals surface area contributed by atoms with Crippen LogP contribution in [0.5, 0.6) is 5.75 Å². The summed E-state index contributed by atoms with van der Waals surface area (Å²) < 4.78 is 29.3. The van der Waals surface area contributed by atoms with Crippen LogP contribution in [-0.2, 0) is 14.6 Å². The van der Waals surface area contributed by atoms with Crippen molar-refractivity contribution in [2.75, 3.05) is 31.3 Å². The first-order valence-electron chi connectivity index (χ1n) is 8.04. The third-order valence-electron chi connectivity index (χ3n) is 4.26. The van der Waals surface area contributed by atoms with Crippen molar-refractivity contribution in [1.82, 2.24) is 4.90 Å². The summed E-state index contributed by atoms with van der Waals surface area (Å²) in [5, 5.41) is 2.67. The molecule has 1 fully saturated rings. The Labute approximate surface area is 147 Å². The number of urea groups is 1. The van der Waals surface area contributed by atoms with Gasteiger partial charge in [0.15, 0.2) is 9.84 Å². The second kappa shape index (κ2) is 7.73. The molecule has 0 radical (unpaired) electrons. The first kappa shape index (κ1) is 19.0. The Morgan fingerprint density at radius 1 is 1.40 bits per heavy atom. The third kappa shape index (κ3) is 4.41. The van der Waals surface area contributed by atoms with Gasteiger partial charge in [0.05, 0.1) is 29.4 Å². The van der Waals surface area contributed by atoms with Crippen molar-refractivity contribution in [3.63, 3.8) is 0 Å². The van der Waals surface area contributed by atoms with Crippen LogP contribution in [-0.4, -0.2) is 51.2 Å². The van der Waals surface area contributed by atoms with Gasteiger partial charge in [0.2, 0.25) is 5.91 Å². The zero-order valence-electron chi connectivity index (χ0n) is 14.3. The van der Waals surface area contributed by atoms with Crippen LogP contribution in [0.2, 0.25) is 0 Å². The second-order valence-corrected chi connectivity index (χ2v) is 8.16. The van der Waals surface area contributed by atoms with E-state index in [1.165, 1.54) is 30.2 Å². The van der Waals surface area contributed by atoms with Gasteiger partial charge < -0.3 is 20.7 Å². The highest BCUT2D eigenvalue weighted by molar-refractivity contribution is 7.91. The highest BCUT2D eigenvalue weighted by atomic mass is 32.2. The van der Waals surface area contributed by atoms with Crippen molar-refractivity contribution < 1.29 is 22.7 Å². The predicted octanol–water partition coefficient (Wildman–Crippen LogP) is 1.22. The normalized spacial score (nSPS) is 17.8. The fourth-order valence-corrected chi connectivity index (χ4v) is 3.64. The fraction of sp³-hybridized carbons (Fsp3) is 0.500. The van der Waals surface area contributed by atoms with E-state index in [1.54, 1.807) is 6.92 Å². The van der Waals surface area contributed by atoms with Gasteiger partial charge in [-0.2, -0.15) is 0 Å². The van der Waals surface area contributed by atoms with Crippen molar-refractivity contribution in [1.29, 1.82) is 0 Å². The lowest BCUT2D eigenvalue weighted by Crippen LogP contribution is -2.45. The molecule has 0 bridgehead atoms. The standard InChI is InChI=1S/C16H23N3O5S/c1-3-25(22,23)12-6-7-14(24-2)13(9-12)18-16(21)19-8-4-5-11(10-19)15(17)20/h6-7,9,11H,3-5,8,10H2,1-2H3,(H2,17,20)(H,18,21)/t11-/m0/s1. The number of methoxy groups -OCH3 is 1. The molecule has 3 N–H and O–H groups in total. The lowest BCUT2D eigenvalue weighted by Gasteiger charge is -2.31. The van der Waals surface area contributed by atoms with Crippen molar-refractivity contribution in [3.8, 4) is 5.75 Å². The Balaban J connectivity index is 2.22. The van der Waals surface area contributed by atoms with E-state index >= 15 is 0 Å². The number of benzene rings is 1. The molecule has 1 atom stereocenters. The summed E-state index contributed by atoms with van der Waals surface area (Å²) in [4.78, 5) is 25.4. The van der Waals surface area contributed by atoms with Crippen LogP contribution in [0, 0.1) is 5.92 Å². The second-order valence-electron chi connectivity index (χ2n) is 5.88. The maximum absolute atomic E-state index is 12.5. The summed E-state index contributed by atoms with van der Waals surface area (Å²) in [5.74, 6) is -0.481. The number of carbonyl (C=O) groups excluding carboxylic acids is 2. The Hall–Kier alpha value is -2.29. The van der Waals surface area contributed by atoms with Gasteiger partial charge in [-0.25, -0.2) is 13.2 Å². The first-order chi connectivity index (χ1) is 11.8. The molecule has 0 saturated carbocycles. The number of primary amides is 1. The smallest absolute Gasteiger partial charge is 0.321 e. The molecule has 1 heterocycles. The number of hydrogen-bond acceptors (Lipinski definition) is 5. The van der Waals surface area contributed by atoms with Gasteiger partial charge in [-0.05, 0) is 31.0 Å². The molecule has 8 nitrogen and oxygen atoms in total. The Morgan fingerprint density at radius 3 is 2.72 bits per heavy atom. The molecule has 0 aliphatic carbocycles. The van der Waals surface area contributed by atoms with Gasteiger partial charge >= 0.3 is 6.03 Å². The lowest BCUT2D eigenvalue weighted by molar-refractivity contribution is -0.123. The molecule has 1 saturated heterocycles. The highest BCUT2D eigenvalue weighted by Crippen LogP contribution is 2.28. The zero-order valence-corrected chi connectivity index (χ0v) is 15.1. The molecular formula is C16H23N3O5S. The van der Waals surface area contributed by atoms with Crippen molar-refractivity contribution >= 4 is 27.5 Å². The number of piperidine rings is 1. The molecule has 1 aliphatic rings. The van der Waals surface area contributed by atoms with Crippen LogP contribution in [0.3, 0.4) is 0 Å². The molecule has 25 heavy (non-hydrogen) atoms. The van der Waals surface area contributed by atoms with Crippen LogP contribution in [0.25, 0.3) is 0 Å². The van der Waals surface area contributed by atoms with E-state index in [2.05, 4.69) is 5.32 Å². The van der Waals surface area contributed by atoms with Crippen molar-refractivity contribution in [2.45, 2.75) is 24.7 Å². The summed E-state index contributed by atoms with van der Waals surface area (Å²) >= 11 is 0. The number of nitrogens with two attached hydrogens (primary N) is 1. The number of sulfone groups is 1. The van der Waals surface area contributed by atoms with E-state index in [1.807, 2.05) is 0 Å². The van der Waals surface area contributed by atoms with E-state index in [0.717, 1.165) is 0 Å². The highest BCUT2D eigenvalue weighted by Gasteiger charge is 2.27. The minimum atomic E-state index is -3.41. The number of nitrogens with one attached hydrogen (secondary N) is 1. The Morgan fingerprint density at radius 2 is 2.12 bits per heavy atom. The Bertz CT molecular complexity index is 763. The largest absolute Gasteiger partial charge is 0.495 e. The maximum atomic E-state index is 12.5. The molecule has 0 aromatic heterocycles. The summed E-state index contributed by atoms with van der Waals surface area (Å²) in [6.07, 6.45) is 1.34. The topological polar surface area (TPSA) is 119 Å². The SMILES string of the molecule is CCS(=O)(=O)c1ccc(OC)c(NC(=O)N2CCC[C@H](C(N)=O)C2)c1. The monoisotopic (exact) mass is 369 g/mol. The van der Waals surface area contributed by atoms with Gasteiger partial charge in [0.1, 0.15) is 5.75 Å². The molecule has 3 amide bonds. The lowest BCUT2D eigenvalue weighted by atomic mass is 9.98. The van der Waals surface area contributed by atoms with Crippen LogP contribution in [0.1, 0.15) is 19.8 Å². The maximum Gasteiger partial charge on any atom is 0.321 e. The number of likely N-dealkylation sites (tertiary alicyclic amines) is 1. The Kier molecular flexibility index (Phi) is 5.89. The van der Waals surface area contributed by atoms with Crippen LogP contribution < -0.4 is 15.8 Å². The van der Waals surface area contributed by atoms with E-state index in [4.69, 9.17) is 10.5 Å². The predicted molar refractivity (Wildman–Crippen MR) is 93.2 cm³/mol. The van der Waals surface area contributed by atoms with E-state index in [0.29, 0.717) is 25.1 Å². The number of anilines is 1. The van der Waals surface area contributed by atoms with Gasteiger partial charge in [-0.15, -0.1) is 0 Å².